The molecule has 0 spiro atoms. The molecule has 0 radical (unpaired) electrons. The fourth-order valence-electron chi connectivity index (χ4n) is 4.29. The van der Waals surface area contributed by atoms with Crippen molar-refractivity contribution in [2.24, 2.45) is 0 Å². The van der Waals surface area contributed by atoms with Crippen LogP contribution < -0.4 is 14.9 Å². The van der Waals surface area contributed by atoms with E-state index in [1.165, 1.54) is 13.0 Å². The van der Waals surface area contributed by atoms with Crippen molar-refractivity contribution in [3.05, 3.63) is 53.1 Å². The Hall–Kier alpha value is -2.91. The molecule has 2 heterocycles. The Bertz CT molecular complexity index is 1190. The molecule has 2 aromatic rings. The van der Waals surface area contributed by atoms with E-state index in [9.17, 15) is 18.0 Å². The maximum atomic E-state index is 13.0. The van der Waals surface area contributed by atoms with Crippen molar-refractivity contribution in [1.82, 2.24) is 9.62 Å². The third-order valence-corrected chi connectivity index (χ3v) is 7.78. The molecule has 2 N–H and O–H groups in total. The molecule has 1 fully saturated rings. The predicted octanol–water partition coefficient (Wildman–Crippen LogP) is 3.19. The second kappa shape index (κ2) is 9.15. The first-order valence-corrected chi connectivity index (χ1v) is 12.7. The van der Waals surface area contributed by atoms with Gasteiger partial charge in [0, 0.05) is 31.0 Å². The molecule has 0 aliphatic carbocycles. The minimum Gasteiger partial charge on any atom is -0.324 e. The van der Waals surface area contributed by atoms with Crippen molar-refractivity contribution in [2.75, 3.05) is 29.9 Å². The largest absolute Gasteiger partial charge is 0.324 e. The van der Waals surface area contributed by atoms with Crippen LogP contribution in [-0.4, -0.2) is 50.9 Å². The Morgan fingerprint density at radius 3 is 2.45 bits per heavy atom. The average Bonchev–Trinajstić information content (AvgIpc) is 3.45. The van der Waals surface area contributed by atoms with Gasteiger partial charge in [-0.1, -0.05) is 12.1 Å². The van der Waals surface area contributed by atoms with Gasteiger partial charge in [-0.05, 0) is 81.0 Å². The smallest absolute Gasteiger partial charge is 0.324 e. The van der Waals surface area contributed by atoms with Crippen molar-refractivity contribution >= 4 is 33.3 Å². The van der Waals surface area contributed by atoms with E-state index in [4.69, 9.17) is 0 Å². The van der Waals surface area contributed by atoms with Gasteiger partial charge in [-0.2, -0.15) is 4.72 Å². The summed E-state index contributed by atoms with van der Waals surface area (Å²) in [6.07, 6.45) is 2.63. The summed E-state index contributed by atoms with van der Waals surface area (Å²) in [6.45, 7) is 7.39. The number of amides is 3. The van der Waals surface area contributed by atoms with Gasteiger partial charge in [0.15, 0.2) is 0 Å². The minimum absolute atomic E-state index is 0.0169. The number of nitrogens with zero attached hydrogens (tertiary/aromatic N) is 2. The molecule has 176 valence electrons. The van der Waals surface area contributed by atoms with Gasteiger partial charge in [-0.25, -0.2) is 13.2 Å². The lowest BCUT2D eigenvalue weighted by atomic mass is 10.1. The average molecular weight is 471 g/mol. The zero-order chi connectivity index (χ0) is 23.8. The first-order valence-electron chi connectivity index (χ1n) is 11.3. The molecule has 4 rings (SSSR count). The zero-order valence-electron chi connectivity index (χ0n) is 19.2. The number of rotatable bonds is 5. The molecule has 33 heavy (non-hydrogen) atoms. The summed E-state index contributed by atoms with van der Waals surface area (Å²) in [5, 5.41) is 2.80. The number of benzene rings is 2. The first kappa shape index (κ1) is 23.3. The summed E-state index contributed by atoms with van der Waals surface area (Å²) in [4.78, 5) is 29.1. The normalized spacial score (nSPS) is 16.6. The number of urea groups is 1. The molecule has 1 unspecified atom stereocenters. The highest BCUT2D eigenvalue weighted by Gasteiger charge is 2.31. The minimum atomic E-state index is -3.91. The number of hydrogen-bond acceptors (Lipinski definition) is 4. The quantitative estimate of drug-likeness (QED) is 0.701. The number of carbonyl (C=O) groups is 2. The van der Waals surface area contributed by atoms with Crippen LogP contribution in [0, 0.1) is 13.8 Å². The van der Waals surface area contributed by atoms with Crippen LogP contribution >= 0.6 is 0 Å². The molecule has 2 aliphatic rings. The summed E-state index contributed by atoms with van der Waals surface area (Å²) in [6, 6.07) is 9.51. The van der Waals surface area contributed by atoms with Crippen LogP contribution in [0.25, 0.3) is 0 Å². The highest BCUT2D eigenvalue weighted by molar-refractivity contribution is 7.89. The lowest BCUT2D eigenvalue weighted by molar-refractivity contribution is -0.117. The third-order valence-electron chi connectivity index (χ3n) is 6.24. The van der Waals surface area contributed by atoms with Crippen LogP contribution in [0.1, 0.15) is 36.5 Å². The Morgan fingerprint density at radius 2 is 1.73 bits per heavy atom. The fraction of sp³-hybridized carbons (Fsp3) is 0.417. The number of carbonyl (C=O) groups excluding carboxylic acids is 2. The Balaban J connectivity index is 1.46. The first-order chi connectivity index (χ1) is 15.7. The van der Waals surface area contributed by atoms with E-state index < -0.39 is 22.0 Å². The lowest BCUT2D eigenvalue weighted by Gasteiger charge is -2.24. The van der Waals surface area contributed by atoms with Gasteiger partial charge in [-0.15, -0.1) is 0 Å². The maximum absolute atomic E-state index is 13.0. The van der Waals surface area contributed by atoms with E-state index in [0.717, 1.165) is 48.3 Å². The molecule has 0 aromatic heterocycles. The fourth-order valence-corrected chi connectivity index (χ4v) is 5.54. The summed E-state index contributed by atoms with van der Waals surface area (Å²) in [7, 11) is -3.91. The molecular formula is C24H30N4O4S. The Kier molecular flexibility index (Phi) is 6.45. The van der Waals surface area contributed by atoms with Crippen molar-refractivity contribution in [3.8, 4) is 0 Å². The van der Waals surface area contributed by atoms with Crippen LogP contribution in [0.15, 0.2) is 41.3 Å². The van der Waals surface area contributed by atoms with Gasteiger partial charge >= 0.3 is 6.03 Å². The van der Waals surface area contributed by atoms with Gasteiger partial charge in [-0.3, -0.25) is 9.69 Å². The van der Waals surface area contributed by atoms with E-state index in [2.05, 4.69) is 10.0 Å². The summed E-state index contributed by atoms with van der Waals surface area (Å²) in [5.74, 6) is -0.434. The predicted molar refractivity (Wildman–Crippen MR) is 128 cm³/mol. The number of hydrogen-bond donors (Lipinski definition) is 2. The standard InChI is InChI=1S/C24H30N4O4S/c1-16-6-7-17(2)21(14-16)25-23(29)18(3)26-33(31,32)20-8-9-22-19(15-20)10-13-28(22)24(30)27-11-4-5-12-27/h6-9,14-15,18,26H,4-5,10-13H2,1-3H3,(H,25,29). The highest BCUT2D eigenvalue weighted by Crippen LogP contribution is 2.31. The molecule has 9 heteroatoms. The van der Waals surface area contributed by atoms with Crippen molar-refractivity contribution in [3.63, 3.8) is 0 Å². The molecule has 3 amide bonds. The van der Waals surface area contributed by atoms with Gasteiger partial charge in [0.25, 0.3) is 0 Å². The summed E-state index contributed by atoms with van der Waals surface area (Å²) in [5.41, 5.74) is 4.13. The number of nitrogens with one attached hydrogen (secondary N) is 2. The molecule has 2 aromatic carbocycles. The number of aryl methyl sites for hydroxylation is 2. The SMILES string of the molecule is Cc1ccc(C)c(NC(=O)C(C)NS(=O)(=O)c2ccc3c(c2)CCN3C(=O)N2CCCC2)c1. The van der Waals surface area contributed by atoms with E-state index >= 15 is 0 Å². The van der Waals surface area contributed by atoms with E-state index in [0.29, 0.717) is 18.7 Å². The summed E-state index contributed by atoms with van der Waals surface area (Å²) < 4.78 is 28.4. The number of likely N-dealkylation sites (tertiary alicyclic amines) is 1. The van der Waals surface area contributed by atoms with Gasteiger partial charge in [0.1, 0.15) is 0 Å². The number of fused-ring (bicyclic) bond motifs is 1. The Labute approximate surface area is 195 Å². The number of anilines is 2. The topological polar surface area (TPSA) is 98.8 Å². The van der Waals surface area contributed by atoms with Crippen molar-refractivity contribution < 1.29 is 18.0 Å². The lowest BCUT2D eigenvalue weighted by Crippen LogP contribution is -2.41. The highest BCUT2D eigenvalue weighted by atomic mass is 32.2. The molecule has 1 saturated heterocycles. The van der Waals surface area contributed by atoms with Gasteiger partial charge < -0.3 is 10.2 Å². The van der Waals surface area contributed by atoms with Crippen LogP contribution in [0.2, 0.25) is 0 Å². The monoisotopic (exact) mass is 470 g/mol. The molecule has 1 atom stereocenters. The second-order valence-electron chi connectivity index (χ2n) is 8.82. The molecular weight excluding hydrogens is 440 g/mol. The Morgan fingerprint density at radius 1 is 1.00 bits per heavy atom. The van der Waals surface area contributed by atoms with E-state index in [1.54, 1.807) is 17.0 Å². The van der Waals surface area contributed by atoms with Gasteiger partial charge in [0.05, 0.1) is 10.9 Å². The second-order valence-corrected chi connectivity index (χ2v) is 10.5. The molecule has 8 nitrogen and oxygen atoms in total. The molecule has 0 bridgehead atoms. The van der Waals surface area contributed by atoms with Crippen LogP contribution in [0.4, 0.5) is 16.2 Å². The number of sulfonamides is 1. The molecule has 2 aliphatic heterocycles. The van der Waals surface area contributed by atoms with Crippen molar-refractivity contribution in [1.29, 1.82) is 0 Å². The van der Waals surface area contributed by atoms with Crippen molar-refractivity contribution in [2.45, 2.75) is 51.0 Å². The third kappa shape index (κ3) is 4.89. The van der Waals surface area contributed by atoms with E-state index in [-0.39, 0.29) is 10.9 Å². The molecule has 0 saturated carbocycles. The summed E-state index contributed by atoms with van der Waals surface area (Å²) >= 11 is 0. The van der Waals surface area contributed by atoms with E-state index in [1.807, 2.05) is 36.9 Å². The maximum Gasteiger partial charge on any atom is 0.324 e. The zero-order valence-corrected chi connectivity index (χ0v) is 20.0. The van der Waals surface area contributed by atoms with Crippen LogP contribution in [-0.2, 0) is 21.2 Å². The van der Waals surface area contributed by atoms with Crippen LogP contribution in [0.5, 0.6) is 0 Å². The van der Waals surface area contributed by atoms with Gasteiger partial charge in [0.2, 0.25) is 15.9 Å². The van der Waals surface area contributed by atoms with Crippen LogP contribution in [0.3, 0.4) is 0 Å².